The summed E-state index contributed by atoms with van der Waals surface area (Å²) in [5.41, 5.74) is 2.69. The molecule has 1 atom stereocenters. The Morgan fingerprint density at radius 3 is 2.91 bits per heavy atom. The van der Waals surface area contributed by atoms with E-state index in [1.165, 1.54) is 18.1 Å². The zero-order valence-corrected chi connectivity index (χ0v) is 14.8. The molecule has 2 amide bonds. The van der Waals surface area contributed by atoms with Gasteiger partial charge in [-0.3, -0.25) is 9.59 Å². The quantitative estimate of drug-likeness (QED) is 0.780. The second-order valence-electron chi connectivity index (χ2n) is 6.00. The fourth-order valence-electron chi connectivity index (χ4n) is 3.00. The molecule has 23 heavy (non-hydrogen) atoms. The van der Waals surface area contributed by atoms with Crippen LogP contribution in [0, 0.1) is 0 Å². The molecule has 0 aliphatic heterocycles. The normalized spacial score (nSPS) is 16.5. The van der Waals surface area contributed by atoms with Crippen molar-refractivity contribution in [1.82, 2.24) is 10.2 Å². The average molecular weight is 334 g/mol. The third-order valence-electron chi connectivity index (χ3n) is 4.26. The van der Waals surface area contributed by atoms with E-state index < -0.39 is 0 Å². The predicted octanol–water partition coefficient (Wildman–Crippen LogP) is 2.78. The number of hydrogen-bond donors (Lipinski definition) is 1. The number of aryl methyl sites for hydroxylation is 1. The summed E-state index contributed by atoms with van der Waals surface area (Å²) in [7, 11) is 1.92. The third kappa shape index (κ3) is 5.27. The zero-order chi connectivity index (χ0) is 16.7. The summed E-state index contributed by atoms with van der Waals surface area (Å²) in [5, 5.41) is 2.77. The summed E-state index contributed by atoms with van der Waals surface area (Å²) >= 11 is 1.64. The predicted molar refractivity (Wildman–Crippen MR) is 95.5 cm³/mol. The van der Waals surface area contributed by atoms with Gasteiger partial charge in [-0.15, -0.1) is 0 Å². The van der Waals surface area contributed by atoms with Crippen molar-refractivity contribution in [3.63, 3.8) is 0 Å². The molecule has 4 nitrogen and oxygen atoms in total. The molecular formula is C18H26N2O2S. The molecule has 1 aliphatic carbocycles. The van der Waals surface area contributed by atoms with E-state index in [-0.39, 0.29) is 17.9 Å². The van der Waals surface area contributed by atoms with Crippen molar-refractivity contribution in [3.8, 4) is 0 Å². The summed E-state index contributed by atoms with van der Waals surface area (Å²) in [5.74, 6) is 1.59. The van der Waals surface area contributed by atoms with Gasteiger partial charge in [-0.2, -0.15) is 11.8 Å². The Bertz CT molecular complexity index is 548. The smallest absolute Gasteiger partial charge is 0.232 e. The molecule has 1 N–H and O–H groups in total. The highest BCUT2D eigenvalue weighted by molar-refractivity contribution is 7.99. The van der Waals surface area contributed by atoms with E-state index in [9.17, 15) is 9.59 Å². The van der Waals surface area contributed by atoms with Gasteiger partial charge >= 0.3 is 0 Å². The number of nitrogens with zero attached hydrogens (tertiary/aromatic N) is 1. The van der Waals surface area contributed by atoms with Gasteiger partial charge in [0.05, 0.1) is 11.8 Å². The lowest BCUT2D eigenvalue weighted by molar-refractivity contribution is -0.129. The Balaban J connectivity index is 1.78. The number of benzene rings is 1. The minimum absolute atomic E-state index is 0.00164. The molecule has 0 heterocycles. The van der Waals surface area contributed by atoms with Gasteiger partial charge in [0.25, 0.3) is 0 Å². The first kappa shape index (κ1) is 17.9. The molecule has 126 valence electrons. The van der Waals surface area contributed by atoms with Crippen LogP contribution in [0.2, 0.25) is 0 Å². The highest BCUT2D eigenvalue weighted by atomic mass is 32.2. The average Bonchev–Trinajstić information content (AvgIpc) is 2.56. The lowest BCUT2D eigenvalue weighted by atomic mass is 9.87. The van der Waals surface area contributed by atoms with Gasteiger partial charge in [-0.1, -0.05) is 24.3 Å². The van der Waals surface area contributed by atoms with Crippen LogP contribution in [-0.2, 0) is 16.0 Å². The van der Waals surface area contributed by atoms with E-state index in [0.29, 0.717) is 12.3 Å². The van der Waals surface area contributed by atoms with Gasteiger partial charge in [0.15, 0.2) is 0 Å². The van der Waals surface area contributed by atoms with E-state index >= 15 is 0 Å². The number of carbonyl (C=O) groups excluding carboxylic acids is 2. The molecule has 0 aromatic heterocycles. The number of rotatable bonds is 7. The van der Waals surface area contributed by atoms with E-state index in [2.05, 4.69) is 29.6 Å². The molecule has 0 radical (unpaired) electrons. The van der Waals surface area contributed by atoms with Crippen LogP contribution in [0.25, 0.3) is 0 Å². The first-order valence-corrected chi connectivity index (χ1v) is 9.40. The number of fused-ring (bicyclic) bond motifs is 1. The van der Waals surface area contributed by atoms with E-state index in [0.717, 1.165) is 31.4 Å². The second-order valence-corrected chi connectivity index (χ2v) is 7.11. The van der Waals surface area contributed by atoms with Gasteiger partial charge in [0.2, 0.25) is 11.8 Å². The monoisotopic (exact) mass is 334 g/mol. The molecule has 0 fully saturated rings. The highest BCUT2D eigenvalue weighted by Gasteiger charge is 2.26. The maximum atomic E-state index is 12.4. The Morgan fingerprint density at radius 2 is 2.13 bits per heavy atom. The SMILES string of the molecule is CC(=O)NCCCSCC(=O)N(C)[C@H]1CCCc2ccccc21. The fraction of sp³-hybridized carbons (Fsp3) is 0.556. The first-order valence-electron chi connectivity index (χ1n) is 8.25. The number of amides is 2. The van der Waals surface area contributed by atoms with Crippen molar-refractivity contribution in [2.75, 3.05) is 25.1 Å². The van der Waals surface area contributed by atoms with E-state index in [1.807, 2.05) is 11.9 Å². The van der Waals surface area contributed by atoms with Crippen LogP contribution in [0.4, 0.5) is 0 Å². The van der Waals surface area contributed by atoms with Gasteiger partial charge in [0, 0.05) is 20.5 Å². The van der Waals surface area contributed by atoms with Crippen LogP contribution < -0.4 is 5.32 Å². The minimum Gasteiger partial charge on any atom is -0.356 e. The summed E-state index contributed by atoms with van der Waals surface area (Å²) in [6.07, 6.45) is 4.20. The second kappa shape index (κ2) is 8.96. The number of nitrogens with one attached hydrogen (secondary N) is 1. The Labute approximate surface area is 143 Å². The highest BCUT2D eigenvalue weighted by Crippen LogP contribution is 2.33. The van der Waals surface area contributed by atoms with Crippen molar-refractivity contribution in [2.45, 2.75) is 38.6 Å². The van der Waals surface area contributed by atoms with Crippen molar-refractivity contribution in [2.24, 2.45) is 0 Å². The van der Waals surface area contributed by atoms with Crippen molar-refractivity contribution in [3.05, 3.63) is 35.4 Å². The van der Waals surface area contributed by atoms with Crippen LogP contribution in [0.1, 0.15) is 43.4 Å². The Kier molecular flexibility index (Phi) is 6.96. The summed E-state index contributed by atoms with van der Waals surface area (Å²) in [6, 6.07) is 8.69. The van der Waals surface area contributed by atoms with Gasteiger partial charge in [0.1, 0.15) is 0 Å². The van der Waals surface area contributed by atoms with Crippen molar-refractivity contribution in [1.29, 1.82) is 0 Å². The van der Waals surface area contributed by atoms with Crippen molar-refractivity contribution >= 4 is 23.6 Å². The Hall–Kier alpha value is -1.49. The minimum atomic E-state index is 0.00164. The largest absolute Gasteiger partial charge is 0.356 e. The topological polar surface area (TPSA) is 49.4 Å². The summed E-state index contributed by atoms with van der Waals surface area (Å²) < 4.78 is 0. The van der Waals surface area contributed by atoms with Crippen molar-refractivity contribution < 1.29 is 9.59 Å². The number of thioether (sulfide) groups is 1. The van der Waals surface area contributed by atoms with E-state index in [1.54, 1.807) is 11.8 Å². The van der Waals surface area contributed by atoms with Gasteiger partial charge in [-0.25, -0.2) is 0 Å². The molecule has 0 saturated heterocycles. The molecule has 0 spiro atoms. The molecule has 5 heteroatoms. The van der Waals surface area contributed by atoms with E-state index in [4.69, 9.17) is 0 Å². The van der Waals surface area contributed by atoms with Gasteiger partial charge < -0.3 is 10.2 Å². The molecule has 0 unspecified atom stereocenters. The molecule has 1 aromatic rings. The summed E-state index contributed by atoms with van der Waals surface area (Å²) in [4.78, 5) is 25.1. The molecular weight excluding hydrogens is 308 g/mol. The van der Waals surface area contributed by atoms with Crippen LogP contribution in [0.3, 0.4) is 0 Å². The maximum absolute atomic E-state index is 12.4. The Morgan fingerprint density at radius 1 is 1.35 bits per heavy atom. The lowest BCUT2D eigenvalue weighted by Crippen LogP contribution is -2.34. The molecule has 1 aromatic carbocycles. The lowest BCUT2D eigenvalue weighted by Gasteiger charge is -2.33. The van der Waals surface area contributed by atoms with Crippen LogP contribution in [0.5, 0.6) is 0 Å². The fourth-order valence-corrected chi connectivity index (χ4v) is 3.88. The molecule has 2 rings (SSSR count). The third-order valence-corrected chi connectivity index (χ3v) is 5.29. The number of hydrogen-bond acceptors (Lipinski definition) is 3. The summed E-state index contributed by atoms with van der Waals surface area (Å²) in [6.45, 7) is 2.20. The standard InChI is InChI=1S/C18H26N2O2S/c1-14(21)19-11-6-12-23-13-18(22)20(2)17-10-5-8-15-7-3-4-9-16(15)17/h3-4,7,9,17H,5-6,8,10-13H2,1-2H3,(H,19,21)/t17-/m0/s1. The van der Waals surface area contributed by atoms with Crippen LogP contribution >= 0.6 is 11.8 Å². The first-order chi connectivity index (χ1) is 11.1. The van der Waals surface area contributed by atoms with Gasteiger partial charge in [-0.05, 0) is 42.6 Å². The van der Waals surface area contributed by atoms with Crippen LogP contribution in [0.15, 0.2) is 24.3 Å². The van der Waals surface area contributed by atoms with Crippen LogP contribution in [-0.4, -0.2) is 41.8 Å². The molecule has 0 saturated carbocycles. The maximum Gasteiger partial charge on any atom is 0.232 e. The molecule has 0 bridgehead atoms. The zero-order valence-electron chi connectivity index (χ0n) is 14.0. The number of carbonyl (C=O) groups is 2. The molecule has 1 aliphatic rings.